The standard InChI is InChI=1S/C13H30N2O2/c1-6-15(7-2)9-12(5)14-8-13(16)10-17-11(3)4/h11-14,16H,6-10H2,1-5H3. The lowest BCUT2D eigenvalue weighted by Crippen LogP contribution is -2.43. The number of rotatable bonds is 10. The maximum Gasteiger partial charge on any atom is 0.0897 e. The molecule has 0 heterocycles. The Morgan fingerprint density at radius 2 is 1.76 bits per heavy atom. The first kappa shape index (κ1) is 16.8. The van der Waals surface area contributed by atoms with E-state index in [0.717, 1.165) is 19.6 Å². The molecule has 2 atom stereocenters. The van der Waals surface area contributed by atoms with E-state index in [2.05, 4.69) is 31.0 Å². The molecule has 0 saturated heterocycles. The van der Waals surface area contributed by atoms with Crippen LogP contribution in [0.25, 0.3) is 0 Å². The minimum Gasteiger partial charge on any atom is -0.389 e. The number of aliphatic hydroxyl groups excluding tert-OH is 1. The van der Waals surface area contributed by atoms with E-state index in [1.165, 1.54) is 0 Å². The minimum atomic E-state index is -0.420. The number of hydrogen-bond donors (Lipinski definition) is 2. The molecule has 0 fully saturated rings. The smallest absolute Gasteiger partial charge is 0.0897 e. The number of aliphatic hydroxyl groups is 1. The van der Waals surface area contributed by atoms with Crippen molar-refractivity contribution in [3.63, 3.8) is 0 Å². The molecule has 0 rings (SSSR count). The molecule has 4 nitrogen and oxygen atoms in total. The largest absolute Gasteiger partial charge is 0.389 e. The molecule has 0 spiro atoms. The van der Waals surface area contributed by atoms with Crippen LogP contribution in [0.5, 0.6) is 0 Å². The Morgan fingerprint density at radius 3 is 2.24 bits per heavy atom. The molecule has 0 aliphatic rings. The van der Waals surface area contributed by atoms with Crippen LogP contribution in [0.4, 0.5) is 0 Å². The van der Waals surface area contributed by atoms with Crippen molar-refractivity contribution in [1.82, 2.24) is 10.2 Å². The Kier molecular flexibility index (Phi) is 9.74. The third-order valence-electron chi connectivity index (χ3n) is 2.75. The molecule has 0 aromatic heterocycles. The fourth-order valence-electron chi connectivity index (χ4n) is 1.63. The molecule has 0 amide bonds. The van der Waals surface area contributed by atoms with E-state index >= 15 is 0 Å². The van der Waals surface area contributed by atoms with E-state index in [4.69, 9.17) is 4.74 Å². The van der Waals surface area contributed by atoms with Crippen LogP contribution in [-0.2, 0) is 4.74 Å². The van der Waals surface area contributed by atoms with E-state index in [0.29, 0.717) is 19.2 Å². The molecule has 104 valence electrons. The highest BCUT2D eigenvalue weighted by Gasteiger charge is 2.10. The lowest BCUT2D eigenvalue weighted by atomic mass is 10.2. The van der Waals surface area contributed by atoms with Crippen molar-refractivity contribution >= 4 is 0 Å². The third-order valence-corrected chi connectivity index (χ3v) is 2.75. The number of nitrogens with zero attached hydrogens (tertiary/aromatic N) is 1. The van der Waals surface area contributed by atoms with Gasteiger partial charge in [-0.05, 0) is 33.9 Å². The second kappa shape index (κ2) is 9.83. The molecule has 0 bridgehead atoms. The summed E-state index contributed by atoms with van der Waals surface area (Å²) >= 11 is 0. The van der Waals surface area contributed by atoms with Crippen LogP contribution < -0.4 is 5.32 Å². The molecule has 4 heteroatoms. The fourth-order valence-corrected chi connectivity index (χ4v) is 1.63. The number of nitrogens with one attached hydrogen (secondary N) is 1. The maximum absolute atomic E-state index is 9.69. The molecule has 0 aliphatic carbocycles. The predicted molar refractivity (Wildman–Crippen MR) is 72.3 cm³/mol. The Hall–Kier alpha value is -0.160. The Bertz CT molecular complexity index is 173. The van der Waals surface area contributed by atoms with E-state index in [1.807, 2.05) is 13.8 Å². The lowest BCUT2D eigenvalue weighted by Gasteiger charge is -2.24. The molecule has 0 radical (unpaired) electrons. The first-order valence-electron chi connectivity index (χ1n) is 6.74. The van der Waals surface area contributed by atoms with E-state index in [1.54, 1.807) is 0 Å². The van der Waals surface area contributed by atoms with Crippen LogP contribution >= 0.6 is 0 Å². The van der Waals surface area contributed by atoms with Crippen molar-refractivity contribution in [2.24, 2.45) is 0 Å². The number of hydrogen-bond acceptors (Lipinski definition) is 4. The Labute approximate surface area is 106 Å². The van der Waals surface area contributed by atoms with Crippen LogP contribution in [0, 0.1) is 0 Å². The molecule has 2 unspecified atom stereocenters. The summed E-state index contributed by atoms with van der Waals surface area (Å²) in [6, 6.07) is 0.392. The quantitative estimate of drug-likeness (QED) is 0.606. The molecule has 0 aromatic carbocycles. The topological polar surface area (TPSA) is 44.7 Å². The summed E-state index contributed by atoms with van der Waals surface area (Å²) in [7, 11) is 0. The predicted octanol–water partition coefficient (Wildman–Crippen LogP) is 1.09. The van der Waals surface area contributed by atoms with Crippen molar-refractivity contribution < 1.29 is 9.84 Å². The van der Waals surface area contributed by atoms with E-state index in [-0.39, 0.29) is 6.10 Å². The second-order valence-corrected chi connectivity index (χ2v) is 4.83. The molecule has 17 heavy (non-hydrogen) atoms. The molecule has 2 N–H and O–H groups in total. The zero-order valence-electron chi connectivity index (χ0n) is 12.1. The summed E-state index contributed by atoms with van der Waals surface area (Å²) < 4.78 is 5.36. The van der Waals surface area contributed by atoms with E-state index in [9.17, 15) is 5.11 Å². The average Bonchev–Trinajstić information content (AvgIpc) is 2.30. The van der Waals surface area contributed by atoms with Crippen molar-refractivity contribution in [2.75, 3.05) is 32.8 Å². The highest BCUT2D eigenvalue weighted by Crippen LogP contribution is 1.94. The second-order valence-electron chi connectivity index (χ2n) is 4.83. The van der Waals surface area contributed by atoms with Crippen LogP contribution in [0.2, 0.25) is 0 Å². The van der Waals surface area contributed by atoms with Gasteiger partial charge in [-0.1, -0.05) is 13.8 Å². The summed E-state index contributed by atoms with van der Waals surface area (Å²) in [6.07, 6.45) is -0.241. The Balaban J connectivity index is 3.64. The highest BCUT2D eigenvalue weighted by atomic mass is 16.5. The molecule has 0 saturated carbocycles. The van der Waals surface area contributed by atoms with Gasteiger partial charge in [0, 0.05) is 19.1 Å². The van der Waals surface area contributed by atoms with Crippen LogP contribution in [-0.4, -0.2) is 61.0 Å². The van der Waals surface area contributed by atoms with Crippen molar-refractivity contribution in [2.45, 2.75) is 52.9 Å². The first-order chi connectivity index (χ1) is 7.99. The van der Waals surface area contributed by atoms with E-state index < -0.39 is 6.10 Å². The van der Waals surface area contributed by atoms with Gasteiger partial charge in [-0.3, -0.25) is 0 Å². The zero-order chi connectivity index (χ0) is 13.3. The minimum absolute atomic E-state index is 0.178. The zero-order valence-corrected chi connectivity index (χ0v) is 12.1. The maximum atomic E-state index is 9.69. The monoisotopic (exact) mass is 246 g/mol. The molecule has 0 aromatic rings. The molecule has 0 aliphatic heterocycles. The van der Waals surface area contributed by atoms with Gasteiger partial charge >= 0.3 is 0 Å². The summed E-state index contributed by atoms with van der Waals surface area (Å²) in [5.41, 5.74) is 0. The SMILES string of the molecule is CCN(CC)CC(C)NCC(O)COC(C)C. The molecular formula is C13H30N2O2. The first-order valence-corrected chi connectivity index (χ1v) is 6.74. The van der Waals surface area contributed by atoms with Gasteiger partial charge in [0.1, 0.15) is 0 Å². The summed E-state index contributed by atoms with van der Waals surface area (Å²) in [5.74, 6) is 0. The number of ether oxygens (including phenoxy) is 1. The summed E-state index contributed by atoms with van der Waals surface area (Å²) in [6.45, 7) is 14.6. The van der Waals surface area contributed by atoms with Crippen LogP contribution in [0.15, 0.2) is 0 Å². The van der Waals surface area contributed by atoms with Gasteiger partial charge in [0.05, 0.1) is 18.8 Å². The van der Waals surface area contributed by atoms with Gasteiger partial charge in [0.15, 0.2) is 0 Å². The average molecular weight is 246 g/mol. The van der Waals surface area contributed by atoms with Gasteiger partial charge < -0.3 is 20.1 Å². The van der Waals surface area contributed by atoms with Gasteiger partial charge in [-0.15, -0.1) is 0 Å². The van der Waals surface area contributed by atoms with Gasteiger partial charge in [0.25, 0.3) is 0 Å². The highest BCUT2D eigenvalue weighted by molar-refractivity contribution is 4.69. The van der Waals surface area contributed by atoms with Crippen LogP contribution in [0.3, 0.4) is 0 Å². The molecular weight excluding hydrogens is 216 g/mol. The van der Waals surface area contributed by atoms with Crippen molar-refractivity contribution in [3.05, 3.63) is 0 Å². The normalized spacial score (nSPS) is 15.5. The third kappa shape index (κ3) is 9.53. The van der Waals surface area contributed by atoms with Gasteiger partial charge in [-0.25, -0.2) is 0 Å². The summed E-state index contributed by atoms with van der Waals surface area (Å²) in [4.78, 5) is 2.37. The fraction of sp³-hybridized carbons (Fsp3) is 1.00. The van der Waals surface area contributed by atoms with Crippen molar-refractivity contribution in [1.29, 1.82) is 0 Å². The van der Waals surface area contributed by atoms with Crippen molar-refractivity contribution in [3.8, 4) is 0 Å². The number of likely N-dealkylation sites (N-methyl/N-ethyl adjacent to an activating group) is 1. The van der Waals surface area contributed by atoms with Crippen LogP contribution in [0.1, 0.15) is 34.6 Å². The lowest BCUT2D eigenvalue weighted by molar-refractivity contribution is 0.00529. The van der Waals surface area contributed by atoms with Gasteiger partial charge in [0.2, 0.25) is 0 Å². The summed E-state index contributed by atoms with van der Waals surface area (Å²) in [5, 5.41) is 13.0. The van der Waals surface area contributed by atoms with Gasteiger partial charge in [-0.2, -0.15) is 0 Å². The Morgan fingerprint density at radius 1 is 1.18 bits per heavy atom.